The van der Waals surface area contributed by atoms with Crippen LogP contribution in [0.4, 0.5) is 0 Å². The zero-order valence-corrected chi connectivity index (χ0v) is 15.6. The summed E-state index contributed by atoms with van der Waals surface area (Å²) in [5.41, 5.74) is 0. The Hall–Kier alpha value is -1.63. The van der Waals surface area contributed by atoms with Crippen molar-refractivity contribution < 1.29 is 19.1 Å². The summed E-state index contributed by atoms with van der Waals surface area (Å²) in [7, 11) is 0. The normalized spacial score (nSPS) is 17.8. The molecule has 1 atom stereocenters. The molecule has 1 aliphatic rings. The summed E-state index contributed by atoms with van der Waals surface area (Å²) in [6, 6.07) is -0.631. The van der Waals surface area contributed by atoms with Crippen molar-refractivity contribution in [1.29, 1.82) is 0 Å². The Bertz CT molecular complexity index is 429. The first-order chi connectivity index (χ1) is 12.1. The topological polar surface area (TPSA) is 87.7 Å². The second kappa shape index (κ2) is 12.7. The SMILES string of the molecule is CCCCCCCNC(=O)CN1CCNC(=O)C1CC(=O)OCCC. The van der Waals surface area contributed by atoms with E-state index < -0.39 is 12.0 Å². The number of hydrogen-bond acceptors (Lipinski definition) is 5. The van der Waals surface area contributed by atoms with E-state index in [-0.39, 0.29) is 24.8 Å². The monoisotopic (exact) mass is 355 g/mol. The molecule has 0 aromatic carbocycles. The summed E-state index contributed by atoms with van der Waals surface area (Å²) in [5, 5.41) is 5.65. The second-order valence-electron chi connectivity index (χ2n) is 6.47. The Morgan fingerprint density at radius 1 is 1.20 bits per heavy atom. The minimum Gasteiger partial charge on any atom is -0.466 e. The lowest BCUT2D eigenvalue weighted by Crippen LogP contribution is -2.58. The summed E-state index contributed by atoms with van der Waals surface area (Å²) < 4.78 is 5.06. The quantitative estimate of drug-likeness (QED) is 0.406. The van der Waals surface area contributed by atoms with Gasteiger partial charge < -0.3 is 15.4 Å². The standard InChI is InChI=1S/C18H33N3O4/c1-3-5-6-7-8-9-19-16(22)14-21-11-10-20-18(24)15(21)13-17(23)25-12-4-2/h15H,3-14H2,1-2H3,(H,19,22)(H,20,24). The molecular formula is C18H33N3O4. The number of nitrogens with one attached hydrogen (secondary N) is 2. The summed E-state index contributed by atoms with van der Waals surface area (Å²) >= 11 is 0. The molecule has 0 radical (unpaired) electrons. The predicted octanol–water partition coefficient (Wildman–Crippen LogP) is 1.22. The largest absolute Gasteiger partial charge is 0.466 e. The van der Waals surface area contributed by atoms with Crippen molar-refractivity contribution in [2.75, 3.05) is 32.8 Å². The van der Waals surface area contributed by atoms with Crippen molar-refractivity contribution in [1.82, 2.24) is 15.5 Å². The molecule has 7 nitrogen and oxygen atoms in total. The number of piperazine rings is 1. The summed E-state index contributed by atoms with van der Waals surface area (Å²) in [5.74, 6) is -0.714. The first-order valence-electron chi connectivity index (χ1n) is 9.52. The zero-order valence-electron chi connectivity index (χ0n) is 15.6. The molecule has 2 amide bonds. The van der Waals surface area contributed by atoms with E-state index in [9.17, 15) is 14.4 Å². The summed E-state index contributed by atoms with van der Waals surface area (Å²) in [4.78, 5) is 37.8. The lowest BCUT2D eigenvalue weighted by atomic mass is 10.1. The summed E-state index contributed by atoms with van der Waals surface area (Å²) in [6.07, 6.45) is 6.44. The second-order valence-corrected chi connectivity index (χ2v) is 6.47. The van der Waals surface area contributed by atoms with Crippen LogP contribution in [0.3, 0.4) is 0 Å². The van der Waals surface area contributed by atoms with Crippen molar-refractivity contribution in [2.24, 2.45) is 0 Å². The van der Waals surface area contributed by atoms with Gasteiger partial charge in [-0.2, -0.15) is 0 Å². The van der Waals surface area contributed by atoms with Gasteiger partial charge in [-0.05, 0) is 12.8 Å². The highest BCUT2D eigenvalue weighted by molar-refractivity contribution is 5.88. The van der Waals surface area contributed by atoms with Crippen molar-refractivity contribution in [3.63, 3.8) is 0 Å². The van der Waals surface area contributed by atoms with Crippen LogP contribution in [0.15, 0.2) is 0 Å². The molecule has 0 aliphatic carbocycles. The molecule has 0 aromatic rings. The lowest BCUT2D eigenvalue weighted by molar-refractivity contribution is -0.149. The molecule has 25 heavy (non-hydrogen) atoms. The lowest BCUT2D eigenvalue weighted by Gasteiger charge is -2.33. The average molecular weight is 355 g/mol. The van der Waals surface area contributed by atoms with Gasteiger partial charge in [0.15, 0.2) is 0 Å². The third-order valence-electron chi connectivity index (χ3n) is 4.22. The number of esters is 1. The van der Waals surface area contributed by atoms with Gasteiger partial charge in [-0.1, -0.05) is 39.5 Å². The highest BCUT2D eigenvalue weighted by atomic mass is 16.5. The van der Waals surface area contributed by atoms with Gasteiger partial charge in [-0.3, -0.25) is 19.3 Å². The van der Waals surface area contributed by atoms with Gasteiger partial charge in [0.2, 0.25) is 11.8 Å². The van der Waals surface area contributed by atoms with Crippen LogP contribution in [0.1, 0.15) is 58.8 Å². The van der Waals surface area contributed by atoms with Crippen LogP contribution in [0.25, 0.3) is 0 Å². The molecule has 1 unspecified atom stereocenters. The molecule has 1 saturated heterocycles. The van der Waals surface area contributed by atoms with E-state index >= 15 is 0 Å². The van der Waals surface area contributed by atoms with E-state index in [0.717, 1.165) is 19.3 Å². The molecule has 0 aromatic heterocycles. The van der Waals surface area contributed by atoms with Gasteiger partial charge in [0.25, 0.3) is 0 Å². The van der Waals surface area contributed by atoms with E-state index in [2.05, 4.69) is 17.6 Å². The fourth-order valence-corrected chi connectivity index (χ4v) is 2.80. The highest BCUT2D eigenvalue weighted by Gasteiger charge is 2.33. The molecule has 2 N–H and O–H groups in total. The molecule has 0 spiro atoms. The minimum atomic E-state index is -0.631. The van der Waals surface area contributed by atoms with Gasteiger partial charge in [-0.15, -0.1) is 0 Å². The number of nitrogens with zero attached hydrogens (tertiary/aromatic N) is 1. The zero-order chi connectivity index (χ0) is 18.5. The van der Waals surface area contributed by atoms with Gasteiger partial charge in [0.1, 0.15) is 6.04 Å². The molecule has 1 rings (SSSR count). The van der Waals surface area contributed by atoms with Crippen molar-refractivity contribution >= 4 is 17.8 Å². The van der Waals surface area contributed by atoms with Crippen LogP contribution in [0.5, 0.6) is 0 Å². The maximum absolute atomic E-state index is 12.1. The first kappa shape index (κ1) is 21.4. The van der Waals surface area contributed by atoms with Crippen LogP contribution in [0, 0.1) is 0 Å². The van der Waals surface area contributed by atoms with Gasteiger partial charge in [0.05, 0.1) is 19.6 Å². The van der Waals surface area contributed by atoms with E-state index in [4.69, 9.17) is 4.74 Å². The number of amides is 2. The van der Waals surface area contributed by atoms with Crippen molar-refractivity contribution in [3.05, 3.63) is 0 Å². The summed E-state index contributed by atoms with van der Waals surface area (Å²) in [6.45, 7) is 6.28. The molecule has 0 bridgehead atoms. The van der Waals surface area contributed by atoms with Gasteiger partial charge in [-0.25, -0.2) is 0 Å². The van der Waals surface area contributed by atoms with Gasteiger partial charge >= 0.3 is 5.97 Å². The molecule has 0 saturated carbocycles. The smallest absolute Gasteiger partial charge is 0.307 e. The van der Waals surface area contributed by atoms with E-state index in [1.807, 2.05) is 6.92 Å². The van der Waals surface area contributed by atoms with Gasteiger partial charge in [0, 0.05) is 19.6 Å². The number of unbranched alkanes of at least 4 members (excludes halogenated alkanes) is 4. The van der Waals surface area contributed by atoms with Crippen LogP contribution in [-0.4, -0.2) is 61.5 Å². The van der Waals surface area contributed by atoms with Crippen molar-refractivity contribution in [2.45, 2.75) is 64.8 Å². The van der Waals surface area contributed by atoms with Crippen molar-refractivity contribution in [3.8, 4) is 0 Å². The number of carbonyl (C=O) groups is 3. The number of carbonyl (C=O) groups excluding carboxylic acids is 3. The van der Waals surface area contributed by atoms with Crippen LogP contribution in [0.2, 0.25) is 0 Å². The number of rotatable bonds is 12. The average Bonchev–Trinajstić information content (AvgIpc) is 2.59. The van der Waals surface area contributed by atoms with E-state index in [0.29, 0.717) is 26.2 Å². The maximum Gasteiger partial charge on any atom is 0.307 e. The molecule has 7 heteroatoms. The van der Waals surface area contributed by atoms with E-state index in [1.54, 1.807) is 4.90 Å². The third kappa shape index (κ3) is 8.86. The molecule has 1 fully saturated rings. The Morgan fingerprint density at radius 3 is 2.68 bits per heavy atom. The maximum atomic E-state index is 12.1. The Labute approximate surface area is 150 Å². The number of ether oxygens (including phenoxy) is 1. The molecule has 144 valence electrons. The first-order valence-corrected chi connectivity index (χ1v) is 9.52. The van der Waals surface area contributed by atoms with Crippen LogP contribution >= 0.6 is 0 Å². The number of hydrogen-bond donors (Lipinski definition) is 2. The Kier molecular flexibility index (Phi) is 10.9. The molecule has 1 heterocycles. The van der Waals surface area contributed by atoms with Crippen LogP contribution in [-0.2, 0) is 19.1 Å². The highest BCUT2D eigenvalue weighted by Crippen LogP contribution is 2.10. The fraction of sp³-hybridized carbons (Fsp3) is 0.833. The predicted molar refractivity (Wildman–Crippen MR) is 96.0 cm³/mol. The van der Waals surface area contributed by atoms with Crippen LogP contribution < -0.4 is 10.6 Å². The Morgan fingerprint density at radius 2 is 1.96 bits per heavy atom. The Balaban J connectivity index is 2.37. The fourth-order valence-electron chi connectivity index (χ4n) is 2.80. The third-order valence-corrected chi connectivity index (χ3v) is 4.22. The van der Waals surface area contributed by atoms with E-state index in [1.165, 1.54) is 19.3 Å². The molecular weight excluding hydrogens is 322 g/mol. The molecule has 1 aliphatic heterocycles. The minimum absolute atomic E-state index is 0.0177.